The van der Waals surface area contributed by atoms with E-state index in [-0.39, 0.29) is 12.1 Å². The molecule has 0 aromatic carbocycles. The number of nitrogens with two attached hydrogens (primary N) is 3. The molecule has 0 bridgehead atoms. The highest BCUT2D eigenvalue weighted by molar-refractivity contribution is 5.01. The fraction of sp³-hybridized carbons (Fsp3) is 1.00. The molecule has 0 rings (SSSR count). The third kappa shape index (κ3) is 4.48. The van der Waals surface area contributed by atoms with Crippen LogP contribution in [0, 0.1) is 0 Å². The van der Waals surface area contributed by atoms with Gasteiger partial charge in [-0.3, -0.25) is 0 Å². The van der Waals surface area contributed by atoms with Crippen molar-refractivity contribution < 1.29 is 9.47 Å². The maximum atomic E-state index is 6.19. The van der Waals surface area contributed by atoms with Crippen LogP contribution in [0.2, 0.25) is 0 Å². The number of ether oxygens (including phenoxy) is 2. The van der Waals surface area contributed by atoms with E-state index >= 15 is 0 Å². The van der Waals surface area contributed by atoms with E-state index in [9.17, 15) is 0 Å². The maximum Gasteiger partial charge on any atom is 0.0792 e. The molecule has 0 aromatic rings. The van der Waals surface area contributed by atoms with Crippen LogP contribution in [-0.2, 0) is 9.47 Å². The summed E-state index contributed by atoms with van der Waals surface area (Å²) in [7, 11) is 0. The molecular formula is C13H31N3O2. The molecule has 18 heavy (non-hydrogen) atoms. The van der Waals surface area contributed by atoms with Gasteiger partial charge >= 0.3 is 0 Å². The largest absolute Gasteiger partial charge is 0.374 e. The summed E-state index contributed by atoms with van der Waals surface area (Å²) < 4.78 is 11.3. The van der Waals surface area contributed by atoms with Gasteiger partial charge in [0.15, 0.2) is 0 Å². The van der Waals surface area contributed by atoms with E-state index in [4.69, 9.17) is 26.7 Å². The fourth-order valence-electron chi connectivity index (χ4n) is 2.09. The van der Waals surface area contributed by atoms with E-state index in [1.807, 2.05) is 41.5 Å². The van der Waals surface area contributed by atoms with Crippen LogP contribution in [0.5, 0.6) is 0 Å². The predicted molar refractivity (Wildman–Crippen MR) is 75.3 cm³/mol. The van der Waals surface area contributed by atoms with Gasteiger partial charge in [-0.15, -0.1) is 0 Å². The van der Waals surface area contributed by atoms with E-state index < -0.39 is 17.2 Å². The van der Waals surface area contributed by atoms with Crippen LogP contribution in [0.25, 0.3) is 0 Å². The van der Waals surface area contributed by atoms with E-state index in [2.05, 4.69) is 0 Å². The van der Waals surface area contributed by atoms with Crippen molar-refractivity contribution >= 4 is 0 Å². The summed E-state index contributed by atoms with van der Waals surface area (Å²) in [5.41, 5.74) is 17.6. The van der Waals surface area contributed by atoms with Crippen LogP contribution in [0.4, 0.5) is 0 Å². The van der Waals surface area contributed by atoms with Gasteiger partial charge in [0.1, 0.15) is 0 Å². The Morgan fingerprint density at radius 3 is 1.28 bits per heavy atom. The lowest BCUT2D eigenvalue weighted by Gasteiger charge is -2.42. The van der Waals surface area contributed by atoms with Gasteiger partial charge in [0.25, 0.3) is 0 Å². The molecule has 6 N–H and O–H groups in total. The van der Waals surface area contributed by atoms with Crippen molar-refractivity contribution in [2.75, 3.05) is 13.2 Å². The quantitative estimate of drug-likeness (QED) is 0.594. The number of hydrogen-bond acceptors (Lipinski definition) is 5. The molecule has 2 atom stereocenters. The maximum absolute atomic E-state index is 6.19. The van der Waals surface area contributed by atoms with Gasteiger partial charge in [0, 0.05) is 31.3 Å². The van der Waals surface area contributed by atoms with Crippen LogP contribution in [-0.4, -0.2) is 42.5 Å². The fourth-order valence-corrected chi connectivity index (χ4v) is 2.09. The van der Waals surface area contributed by atoms with Crippen molar-refractivity contribution in [3.63, 3.8) is 0 Å². The lowest BCUT2D eigenvalue weighted by Crippen LogP contribution is -2.67. The van der Waals surface area contributed by atoms with Crippen LogP contribution < -0.4 is 17.2 Å². The van der Waals surface area contributed by atoms with Crippen molar-refractivity contribution in [2.45, 2.75) is 70.9 Å². The second-order valence-electron chi connectivity index (χ2n) is 5.70. The van der Waals surface area contributed by atoms with E-state index in [1.165, 1.54) is 0 Å². The molecule has 0 amide bonds. The Morgan fingerprint density at radius 2 is 1.06 bits per heavy atom. The zero-order chi connectivity index (χ0) is 14.6. The minimum atomic E-state index is -0.506. The van der Waals surface area contributed by atoms with Gasteiger partial charge in [-0.05, 0) is 41.5 Å². The highest BCUT2D eigenvalue weighted by Crippen LogP contribution is 2.22. The van der Waals surface area contributed by atoms with E-state index in [0.717, 1.165) is 0 Å². The summed E-state index contributed by atoms with van der Waals surface area (Å²) >= 11 is 0. The molecule has 110 valence electrons. The van der Waals surface area contributed by atoms with Gasteiger partial charge in [0.2, 0.25) is 0 Å². The molecule has 0 heterocycles. The first-order valence-electron chi connectivity index (χ1n) is 6.64. The SMILES string of the molecule is CCOC(C)(C)C(N)C(N)C(N)C(C)(C)OCC. The second-order valence-corrected chi connectivity index (χ2v) is 5.70. The van der Waals surface area contributed by atoms with Crippen molar-refractivity contribution in [3.8, 4) is 0 Å². The molecule has 2 unspecified atom stereocenters. The summed E-state index contributed by atoms with van der Waals surface area (Å²) in [4.78, 5) is 0. The average molecular weight is 261 g/mol. The minimum absolute atomic E-state index is 0.354. The molecule has 0 fully saturated rings. The summed E-state index contributed by atoms with van der Waals surface area (Å²) in [5.74, 6) is 0. The van der Waals surface area contributed by atoms with Gasteiger partial charge in [0.05, 0.1) is 11.2 Å². The molecule has 0 aliphatic rings. The summed E-state index contributed by atoms with van der Waals surface area (Å²) in [6, 6.07) is -1.10. The first-order chi connectivity index (χ1) is 8.10. The smallest absolute Gasteiger partial charge is 0.0792 e. The first-order valence-corrected chi connectivity index (χ1v) is 6.64. The molecular weight excluding hydrogens is 230 g/mol. The molecule has 0 spiro atoms. The van der Waals surface area contributed by atoms with E-state index in [0.29, 0.717) is 13.2 Å². The molecule has 5 nitrogen and oxygen atoms in total. The Bertz CT molecular complexity index is 220. The van der Waals surface area contributed by atoms with Crippen molar-refractivity contribution in [1.82, 2.24) is 0 Å². The molecule has 5 heteroatoms. The van der Waals surface area contributed by atoms with Gasteiger partial charge in [-0.25, -0.2) is 0 Å². The van der Waals surface area contributed by atoms with Gasteiger partial charge in [-0.1, -0.05) is 0 Å². The Kier molecular flexibility index (Phi) is 6.74. The third-order valence-corrected chi connectivity index (χ3v) is 3.47. The van der Waals surface area contributed by atoms with Crippen molar-refractivity contribution in [1.29, 1.82) is 0 Å². The summed E-state index contributed by atoms with van der Waals surface area (Å²) in [6.07, 6.45) is 0. The Balaban J connectivity index is 4.77. The topological polar surface area (TPSA) is 96.5 Å². The normalized spacial score (nSPS) is 18.5. The molecule has 0 radical (unpaired) electrons. The lowest BCUT2D eigenvalue weighted by atomic mass is 9.83. The molecule has 0 aromatic heterocycles. The monoisotopic (exact) mass is 261 g/mol. The molecule has 0 aliphatic carbocycles. The van der Waals surface area contributed by atoms with E-state index in [1.54, 1.807) is 0 Å². The predicted octanol–water partition coefficient (Wildman–Crippen LogP) is 0.599. The Morgan fingerprint density at radius 1 is 0.778 bits per heavy atom. The third-order valence-electron chi connectivity index (χ3n) is 3.47. The minimum Gasteiger partial charge on any atom is -0.374 e. The standard InChI is InChI=1S/C13H31N3O2/c1-7-17-12(3,4)10(15)9(14)11(16)13(5,6)18-8-2/h9-11H,7-8,14-16H2,1-6H3. The highest BCUT2D eigenvalue weighted by Gasteiger charge is 2.40. The van der Waals surface area contributed by atoms with Crippen molar-refractivity contribution in [2.24, 2.45) is 17.2 Å². The Hall–Kier alpha value is -0.200. The average Bonchev–Trinajstić information content (AvgIpc) is 2.25. The number of hydrogen-bond donors (Lipinski definition) is 3. The number of rotatable bonds is 8. The summed E-state index contributed by atoms with van der Waals surface area (Å²) in [6.45, 7) is 12.8. The van der Waals surface area contributed by atoms with Crippen LogP contribution >= 0.6 is 0 Å². The van der Waals surface area contributed by atoms with Crippen LogP contribution in [0.1, 0.15) is 41.5 Å². The van der Waals surface area contributed by atoms with Crippen LogP contribution in [0.3, 0.4) is 0 Å². The highest BCUT2D eigenvalue weighted by atomic mass is 16.5. The second kappa shape index (κ2) is 6.82. The van der Waals surface area contributed by atoms with Gasteiger partial charge < -0.3 is 26.7 Å². The molecule has 0 aliphatic heterocycles. The van der Waals surface area contributed by atoms with Crippen LogP contribution in [0.15, 0.2) is 0 Å². The van der Waals surface area contributed by atoms with Crippen molar-refractivity contribution in [3.05, 3.63) is 0 Å². The Labute approximate surface area is 111 Å². The first kappa shape index (κ1) is 17.8. The zero-order valence-corrected chi connectivity index (χ0v) is 12.7. The summed E-state index contributed by atoms with van der Waals surface area (Å²) in [5, 5.41) is 0. The van der Waals surface area contributed by atoms with Gasteiger partial charge in [-0.2, -0.15) is 0 Å². The zero-order valence-electron chi connectivity index (χ0n) is 12.7. The molecule has 0 saturated heterocycles. The molecule has 0 saturated carbocycles. The lowest BCUT2D eigenvalue weighted by molar-refractivity contribution is -0.0622.